The first-order chi connectivity index (χ1) is 8.12. The van der Waals surface area contributed by atoms with E-state index in [1.165, 1.54) is 0 Å². The molecule has 0 fully saturated rings. The van der Waals surface area contributed by atoms with Crippen LogP contribution in [0, 0.1) is 11.3 Å². The maximum Gasteiger partial charge on any atom is 0.162 e. The fourth-order valence-electron chi connectivity index (χ4n) is 1.49. The number of nitriles is 1. The molecule has 4 heteroatoms. The number of rotatable bonds is 5. The first-order valence-corrected chi connectivity index (χ1v) is 5.50. The molecule has 0 heterocycles. The predicted octanol–water partition coefficient (Wildman–Crippen LogP) is 2.07. The van der Waals surface area contributed by atoms with Gasteiger partial charge in [-0.1, -0.05) is 13.8 Å². The monoisotopic (exact) mass is 234 g/mol. The van der Waals surface area contributed by atoms with Crippen molar-refractivity contribution in [1.29, 1.82) is 5.26 Å². The van der Waals surface area contributed by atoms with E-state index >= 15 is 0 Å². The number of hydrogen-bond acceptors (Lipinski definition) is 4. The van der Waals surface area contributed by atoms with E-state index in [4.69, 9.17) is 14.7 Å². The third-order valence-corrected chi connectivity index (χ3v) is 2.43. The van der Waals surface area contributed by atoms with E-state index in [9.17, 15) is 0 Å². The minimum Gasteiger partial charge on any atom is -0.493 e. The van der Waals surface area contributed by atoms with E-state index in [0.717, 1.165) is 5.56 Å². The summed E-state index contributed by atoms with van der Waals surface area (Å²) in [7, 11) is 3.15. The van der Waals surface area contributed by atoms with Gasteiger partial charge in [-0.05, 0) is 11.6 Å². The lowest BCUT2D eigenvalue weighted by molar-refractivity contribution is 0.354. The predicted molar refractivity (Wildman–Crippen MR) is 66.2 cm³/mol. The molecule has 0 saturated heterocycles. The van der Waals surface area contributed by atoms with E-state index in [-0.39, 0.29) is 0 Å². The molecule has 0 atom stereocenters. The summed E-state index contributed by atoms with van der Waals surface area (Å²) in [4.78, 5) is 0. The molecule has 0 aliphatic carbocycles. The number of hydrogen-bond donors (Lipinski definition) is 1. The second kappa shape index (κ2) is 6.12. The van der Waals surface area contributed by atoms with Gasteiger partial charge in [0.15, 0.2) is 11.5 Å². The van der Waals surface area contributed by atoms with Gasteiger partial charge < -0.3 is 14.8 Å². The van der Waals surface area contributed by atoms with Crippen LogP contribution in [0.4, 0.5) is 0 Å². The highest BCUT2D eigenvalue weighted by molar-refractivity contribution is 5.51. The van der Waals surface area contributed by atoms with Gasteiger partial charge in [0.1, 0.15) is 0 Å². The molecule has 1 aromatic rings. The van der Waals surface area contributed by atoms with Gasteiger partial charge in [-0.3, -0.25) is 0 Å². The van der Waals surface area contributed by atoms with Gasteiger partial charge in [-0.2, -0.15) is 5.26 Å². The van der Waals surface area contributed by atoms with E-state index in [2.05, 4.69) is 25.2 Å². The zero-order chi connectivity index (χ0) is 12.8. The van der Waals surface area contributed by atoms with Crippen LogP contribution in [-0.4, -0.2) is 20.3 Å². The molecule has 0 bridgehead atoms. The summed E-state index contributed by atoms with van der Waals surface area (Å²) in [6.07, 6.45) is 0. The van der Waals surface area contributed by atoms with Crippen molar-refractivity contribution in [2.45, 2.75) is 26.4 Å². The molecular formula is C13H18N2O2. The fraction of sp³-hybridized carbons (Fsp3) is 0.462. The molecule has 92 valence electrons. The Labute approximate surface area is 102 Å². The van der Waals surface area contributed by atoms with Gasteiger partial charge in [0.2, 0.25) is 0 Å². The zero-order valence-electron chi connectivity index (χ0n) is 10.7. The largest absolute Gasteiger partial charge is 0.493 e. The molecule has 0 spiro atoms. The Bertz CT molecular complexity index is 422. The molecule has 1 aromatic carbocycles. The lowest BCUT2D eigenvalue weighted by Gasteiger charge is -2.13. The van der Waals surface area contributed by atoms with Crippen LogP contribution in [0.3, 0.4) is 0 Å². The van der Waals surface area contributed by atoms with Gasteiger partial charge in [0.05, 0.1) is 25.9 Å². The minimum atomic E-state index is 0.370. The Balaban J connectivity index is 3.07. The zero-order valence-corrected chi connectivity index (χ0v) is 10.7. The Morgan fingerprint density at radius 2 is 1.82 bits per heavy atom. The molecule has 0 unspecified atom stereocenters. The molecule has 0 amide bonds. The lowest BCUT2D eigenvalue weighted by Crippen LogP contribution is -2.22. The summed E-state index contributed by atoms with van der Waals surface area (Å²) in [6, 6.07) is 6.08. The lowest BCUT2D eigenvalue weighted by atomic mass is 10.1. The molecule has 0 aliphatic heterocycles. The van der Waals surface area contributed by atoms with Crippen molar-refractivity contribution < 1.29 is 9.47 Å². The van der Waals surface area contributed by atoms with Crippen molar-refractivity contribution >= 4 is 0 Å². The van der Waals surface area contributed by atoms with Gasteiger partial charge in [-0.25, -0.2) is 0 Å². The van der Waals surface area contributed by atoms with Crippen LogP contribution in [0.1, 0.15) is 25.0 Å². The van der Waals surface area contributed by atoms with Crippen LogP contribution < -0.4 is 14.8 Å². The average Bonchev–Trinajstić information content (AvgIpc) is 2.34. The van der Waals surface area contributed by atoms with Gasteiger partial charge >= 0.3 is 0 Å². The van der Waals surface area contributed by atoms with Crippen molar-refractivity contribution in [2.75, 3.05) is 14.2 Å². The van der Waals surface area contributed by atoms with Crippen molar-refractivity contribution in [3.05, 3.63) is 23.3 Å². The number of nitrogens with one attached hydrogen (secondary N) is 1. The highest BCUT2D eigenvalue weighted by atomic mass is 16.5. The van der Waals surface area contributed by atoms with Crippen molar-refractivity contribution in [3.8, 4) is 17.6 Å². The highest BCUT2D eigenvalue weighted by Crippen LogP contribution is 2.30. The Kier molecular flexibility index (Phi) is 4.80. The number of benzene rings is 1. The van der Waals surface area contributed by atoms with Crippen LogP contribution in [0.25, 0.3) is 0 Å². The molecule has 4 nitrogen and oxygen atoms in total. The van der Waals surface area contributed by atoms with E-state index in [1.54, 1.807) is 20.3 Å². The molecule has 0 saturated carbocycles. The minimum absolute atomic E-state index is 0.370. The Hall–Kier alpha value is -1.73. The molecule has 1 N–H and O–H groups in total. The van der Waals surface area contributed by atoms with E-state index < -0.39 is 0 Å². The summed E-state index contributed by atoms with van der Waals surface area (Å²) in [5, 5.41) is 12.4. The fourth-order valence-corrected chi connectivity index (χ4v) is 1.49. The first kappa shape index (κ1) is 13.3. The van der Waals surface area contributed by atoms with Crippen molar-refractivity contribution in [2.24, 2.45) is 0 Å². The van der Waals surface area contributed by atoms with Gasteiger partial charge in [0.25, 0.3) is 0 Å². The number of ether oxygens (including phenoxy) is 2. The molecule has 0 aromatic heterocycles. The summed E-state index contributed by atoms with van der Waals surface area (Å²) >= 11 is 0. The molecular weight excluding hydrogens is 216 g/mol. The molecule has 17 heavy (non-hydrogen) atoms. The van der Waals surface area contributed by atoms with Crippen LogP contribution in [0.2, 0.25) is 0 Å². The summed E-state index contributed by atoms with van der Waals surface area (Å²) < 4.78 is 10.4. The van der Waals surface area contributed by atoms with Crippen molar-refractivity contribution in [1.82, 2.24) is 5.32 Å². The normalized spacial score (nSPS) is 10.1. The van der Waals surface area contributed by atoms with Crippen LogP contribution in [0.5, 0.6) is 11.5 Å². The number of methoxy groups -OCH3 is 2. The van der Waals surface area contributed by atoms with Gasteiger partial charge in [0, 0.05) is 18.7 Å². The Morgan fingerprint density at radius 3 is 2.29 bits per heavy atom. The summed E-state index contributed by atoms with van der Waals surface area (Å²) in [5.41, 5.74) is 1.52. The molecule has 0 radical (unpaired) electrons. The summed E-state index contributed by atoms with van der Waals surface area (Å²) in [5.74, 6) is 1.23. The molecule has 1 rings (SSSR count). The van der Waals surface area contributed by atoms with E-state index in [0.29, 0.717) is 29.6 Å². The Morgan fingerprint density at radius 1 is 1.24 bits per heavy atom. The SMILES string of the molecule is COc1cc(C#N)c(CNC(C)C)cc1OC. The van der Waals surface area contributed by atoms with Crippen LogP contribution in [0.15, 0.2) is 12.1 Å². The first-order valence-electron chi connectivity index (χ1n) is 5.50. The average molecular weight is 234 g/mol. The molecule has 0 aliphatic rings. The van der Waals surface area contributed by atoms with Crippen molar-refractivity contribution in [3.63, 3.8) is 0 Å². The number of nitrogens with zero attached hydrogens (tertiary/aromatic N) is 1. The highest BCUT2D eigenvalue weighted by Gasteiger charge is 2.10. The summed E-state index contributed by atoms with van der Waals surface area (Å²) in [6.45, 7) is 4.76. The third kappa shape index (κ3) is 3.36. The second-order valence-electron chi connectivity index (χ2n) is 4.01. The third-order valence-electron chi connectivity index (χ3n) is 2.43. The smallest absolute Gasteiger partial charge is 0.162 e. The van der Waals surface area contributed by atoms with E-state index in [1.807, 2.05) is 6.07 Å². The second-order valence-corrected chi connectivity index (χ2v) is 4.01. The van der Waals surface area contributed by atoms with Crippen LogP contribution >= 0.6 is 0 Å². The van der Waals surface area contributed by atoms with Crippen LogP contribution in [-0.2, 0) is 6.54 Å². The topological polar surface area (TPSA) is 54.3 Å². The van der Waals surface area contributed by atoms with Gasteiger partial charge in [-0.15, -0.1) is 0 Å². The maximum atomic E-state index is 9.09. The quantitative estimate of drug-likeness (QED) is 0.847. The standard InChI is InChI=1S/C13H18N2O2/c1-9(2)15-8-11-6-13(17-4)12(16-3)5-10(11)7-14/h5-6,9,15H,8H2,1-4H3. The maximum absolute atomic E-state index is 9.09.